The summed E-state index contributed by atoms with van der Waals surface area (Å²) in [5.41, 5.74) is 5.69. The fraction of sp³-hybridized carbons (Fsp3) is 0.167. The van der Waals surface area contributed by atoms with Gasteiger partial charge in [-0.05, 0) is 6.92 Å². The van der Waals surface area contributed by atoms with Crippen LogP contribution in [0.25, 0.3) is 0 Å². The predicted octanol–water partition coefficient (Wildman–Crippen LogP) is 0.416. The zero-order valence-electron chi connectivity index (χ0n) is 6.13. The molecule has 0 unspecified atom stereocenters. The maximum Gasteiger partial charge on any atom is 0.180 e. The van der Waals surface area contributed by atoms with Crippen LogP contribution in [0, 0.1) is 5.41 Å². The van der Waals surface area contributed by atoms with Gasteiger partial charge in [-0.3, -0.25) is 5.41 Å². The summed E-state index contributed by atoms with van der Waals surface area (Å²) in [6, 6.07) is 0. The molecule has 1 rings (SSSR count). The quantitative estimate of drug-likeness (QED) is 0.422. The van der Waals surface area contributed by atoms with E-state index in [1.165, 1.54) is 6.33 Å². The molecule has 0 spiro atoms. The van der Waals surface area contributed by atoms with Crippen molar-refractivity contribution in [3.8, 4) is 0 Å². The molecule has 5 nitrogen and oxygen atoms in total. The van der Waals surface area contributed by atoms with Gasteiger partial charge in [0.05, 0.1) is 6.33 Å². The number of H-pyrrole nitrogens is 1. The molecule has 0 saturated carbocycles. The molecule has 1 aromatic rings. The van der Waals surface area contributed by atoms with Crippen molar-refractivity contribution in [3.63, 3.8) is 0 Å². The number of aromatic amines is 1. The lowest BCUT2D eigenvalue weighted by atomic mass is 10.4. The summed E-state index contributed by atoms with van der Waals surface area (Å²) < 4.78 is 0. The molecule has 11 heavy (non-hydrogen) atoms. The minimum Gasteiger partial charge on any atom is -0.382 e. The van der Waals surface area contributed by atoms with Gasteiger partial charge in [0.15, 0.2) is 5.82 Å². The Balaban J connectivity index is 3.05. The maximum absolute atomic E-state index is 7.10. The van der Waals surface area contributed by atoms with Crippen LogP contribution in [0.15, 0.2) is 11.3 Å². The Labute approximate surface area is 63.9 Å². The highest BCUT2D eigenvalue weighted by atomic mass is 15.0. The third kappa shape index (κ3) is 1.43. The first kappa shape index (κ1) is 7.46. The van der Waals surface area contributed by atoms with Crippen molar-refractivity contribution >= 4 is 17.9 Å². The van der Waals surface area contributed by atoms with Crippen LogP contribution in [-0.4, -0.2) is 22.0 Å². The highest BCUT2D eigenvalue weighted by Gasteiger charge is 2.04. The Kier molecular flexibility index (Phi) is 2.00. The molecule has 58 valence electrons. The normalized spacial score (nSPS) is 10.6. The summed E-state index contributed by atoms with van der Waals surface area (Å²) in [6.07, 6.45) is 3.06. The molecule has 5 heteroatoms. The lowest BCUT2D eigenvalue weighted by molar-refractivity contribution is 1.29. The molecule has 1 aromatic heterocycles. The minimum absolute atomic E-state index is 0.0527. The number of rotatable bonds is 2. The second-order valence-corrected chi connectivity index (χ2v) is 1.90. The highest BCUT2D eigenvalue weighted by Crippen LogP contribution is 2.10. The van der Waals surface area contributed by atoms with E-state index in [-0.39, 0.29) is 5.84 Å². The van der Waals surface area contributed by atoms with Gasteiger partial charge in [0.2, 0.25) is 0 Å². The molecular weight excluding hydrogens is 142 g/mol. The van der Waals surface area contributed by atoms with Crippen molar-refractivity contribution in [2.45, 2.75) is 6.92 Å². The van der Waals surface area contributed by atoms with Crippen LogP contribution in [-0.2, 0) is 0 Å². The van der Waals surface area contributed by atoms with E-state index in [1.54, 1.807) is 13.1 Å². The molecule has 0 bridgehead atoms. The van der Waals surface area contributed by atoms with Gasteiger partial charge >= 0.3 is 0 Å². The van der Waals surface area contributed by atoms with Gasteiger partial charge in [-0.25, -0.2) is 9.98 Å². The molecule has 1 heterocycles. The monoisotopic (exact) mass is 151 g/mol. The Hall–Kier alpha value is -1.65. The average Bonchev–Trinajstić information content (AvgIpc) is 2.36. The number of imidazole rings is 1. The van der Waals surface area contributed by atoms with E-state index in [9.17, 15) is 0 Å². The van der Waals surface area contributed by atoms with Crippen molar-refractivity contribution in [1.82, 2.24) is 9.97 Å². The summed E-state index contributed by atoms with van der Waals surface area (Å²) in [4.78, 5) is 10.5. The van der Waals surface area contributed by atoms with Crippen molar-refractivity contribution in [2.75, 3.05) is 0 Å². The average molecular weight is 151 g/mol. The van der Waals surface area contributed by atoms with Crippen LogP contribution in [0.3, 0.4) is 0 Å². The Morgan fingerprint density at radius 1 is 1.91 bits per heavy atom. The molecule has 0 fully saturated rings. The number of nitrogens with two attached hydrogens (primary N) is 1. The number of nitrogens with one attached hydrogen (secondary N) is 2. The largest absolute Gasteiger partial charge is 0.382 e. The van der Waals surface area contributed by atoms with Crippen molar-refractivity contribution < 1.29 is 0 Å². The molecule has 0 radical (unpaired) electrons. The summed E-state index contributed by atoms with van der Waals surface area (Å²) in [7, 11) is 0. The van der Waals surface area contributed by atoms with E-state index in [0.717, 1.165) is 0 Å². The standard InChI is InChI=1S/C6H9N5/c1-2-9-6-4(5(7)8)10-3-11-6/h2-3H,1H3,(H3,7,8)(H,10,11). The van der Waals surface area contributed by atoms with Gasteiger partial charge in [-0.2, -0.15) is 0 Å². The zero-order valence-corrected chi connectivity index (χ0v) is 6.13. The molecule has 0 aliphatic heterocycles. The number of aliphatic imine (C=N–C) groups is 1. The molecule has 0 amide bonds. The van der Waals surface area contributed by atoms with Crippen molar-refractivity contribution in [2.24, 2.45) is 10.7 Å². The fourth-order valence-corrected chi connectivity index (χ4v) is 0.705. The fourth-order valence-electron chi connectivity index (χ4n) is 0.705. The molecule has 0 aliphatic rings. The highest BCUT2D eigenvalue weighted by molar-refractivity contribution is 5.97. The molecule has 0 saturated heterocycles. The first-order chi connectivity index (χ1) is 5.25. The van der Waals surface area contributed by atoms with Crippen LogP contribution >= 0.6 is 0 Å². The molecule has 0 atom stereocenters. The molecule has 0 aromatic carbocycles. The second-order valence-electron chi connectivity index (χ2n) is 1.90. The van der Waals surface area contributed by atoms with E-state index < -0.39 is 0 Å². The summed E-state index contributed by atoms with van der Waals surface area (Å²) >= 11 is 0. The topological polar surface area (TPSA) is 90.9 Å². The first-order valence-corrected chi connectivity index (χ1v) is 3.12. The van der Waals surface area contributed by atoms with Gasteiger partial charge < -0.3 is 10.7 Å². The van der Waals surface area contributed by atoms with Gasteiger partial charge in [0, 0.05) is 6.21 Å². The maximum atomic E-state index is 7.10. The second kappa shape index (κ2) is 2.96. The third-order valence-corrected chi connectivity index (χ3v) is 1.14. The van der Waals surface area contributed by atoms with E-state index in [0.29, 0.717) is 11.5 Å². The van der Waals surface area contributed by atoms with Crippen LogP contribution in [0.4, 0.5) is 5.82 Å². The van der Waals surface area contributed by atoms with E-state index in [4.69, 9.17) is 11.1 Å². The van der Waals surface area contributed by atoms with E-state index in [1.807, 2.05) is 0 Å². The SMILES string of the molecule is CC=Nc1nc[nH]c1C(=N)N. The number of nitrogen functional groups attached to an aromatic ring is 1. The first-order valence-electron chi connectivity index (χ1n) is 3.12. The van der Waals surface area contributed by atoms with Crippen molar-refractivity contribution in [1.29, 1.82) is 5.41 Å². The van der Waals surface area contributed by atoms with Gasteiger partial charge in [-0.15, -0.1) is 0 Å². The number of hydrogen-bond acceptors (Lipinski definition) is 3. The third-order valence-electron chi connectivity index (χ3n) is 1.14. The molecule has 0 aliphatic carbocycles. The van der Waals surface area contributed by atoms with Crippen molar-refractivity contribution in [3.05, 3.63) is 12.0 Å². The van der Waals surface area contributed by atoms with E-state index >= 15 is 0 Å². The zero-order chi connectivity index (χ0) is 8.27. The smallest absolute Gasteiger partial charge is 0.180 e. The van der Waals surface area contributed by atoms with Crippen LogP contribution in [0.5, 0.6) is 0 Å². The Morgan fingerprint density at radius 3 is 3.18 bits per heavy atom. The number of hydrogen-bond donors (Lipinski definition) is 3. The predicted molar refractivity (Wildman–Crippen MR) is 43.4 cm³/mol. The summed E-state index contributed by atoms with van der Waals surface area (Å²) in [5.74, 6) is 0.406. The lowest BCUT2D eigenvalue weighted by Gasteiger charge is -1.92. The van der Waals surface area contributed by atoms with Gasteiger partial charge in [-0.1, -0.05) is 0 Å². The number of nitrogens with zero attached hydrogens (tertiary/aromatic N) is 2. The lowest BCUT2D eigenvalue weighted by Crippen LogP contribution is -2.11. The number of aromatic nitrogens is 2. The Bertz CT molecular complexity index is 285. The van der Waals surface area contributed by atoms with Crippen LogP contribution < -0.4 is 5.73 Å². The van der Waals surface area contributed by atoms with Gasteiger partial charge in [0.25, 0.3) is 0 Å². The van der Waals surface area contributed by atoms with Gasteiger partial charge in [0.1, 0.15) is 11.5 Å². The van der Waals surface area contributed by atoms with E-state index in [2.05, 4.69) is 15.0 Å². The Morgan fingerprint density at radius 2 is 2.64 bits per heavy atom. The van der Waals surface area contributed by atoms with Crippen LogP contribution in [0.1, 0.15) is 12.6 Å². The summed E-state index contributed by atoms with van der Waals surface area (Å²) in [6.45, 7) is 1.78. The molecular formula is C6H9N5. The minimum atomic E-state index is -0.0527. The summed E-state index contributed by atoms with van der Waals surface area (Å²) in [5, 5.41) is 7.10. The molecule has 4 N–H and O–H groups in total. The number of amidine groups is 1. The van der Waals surface area contributed by atoms with Crippen LogP contribution in [0.2, 0.25) is 0 Å².